The van der Waals surface area contributed by atoms with Crippen molar-refractivity contribution in [2.75, 3.05) is 30.1 Å². The number of carbonyl (C=O) groups is 2. The molecule has 0 saturated carbocycles. The topological polar surface area (TPSA) is 143 Å². The van der Waals surface area contributed by atoms with Crippen LogP contribution in [0.3, 0.4) is 0 Å². The van der Waals surface area contributed by atoms with Gasteiger partial charge in [0, 0.05) is 23.9 Å². The predicted molar refractivity (Wildman–Crippen MR) is 121 cm³/mol. The fourth-order valence-electron chi connectivity index (χ4n) is 2.89. The fraction of sp³-hybridized carbons (Fsp3) is 0.238. The number of nitrogens with zero attached hydrogens (tertiary/aromatic N) is 3. The molecule has 4 N–H and O–H groups in total. The summed E-state index contributed by atoms with van der Waals surface area (Å²) in [6, 6.07) is 9.85. The summed E-state index contributed by atoms with van der Waals surface area (Å²) in [6.45, 7) is 0.937. The van der Waals surface area contributed by atoms with Crippen LogP contribution >= 0.6 is 11.8 Å². The van der Waals surface area contributed by atoms with Gasteiger partial charge in [0.05, 0.1) is 0 Å². The summed E-state index contributed by atoms with van der Waals surface area (Å²) in [6.07, 6.45) is 0.0491. The minimum atomic E-state index is -0.658. The number of urea groups is 1. The first kappa shape index (κ1) is 23.2. The molecule has 4 rings (SSSR count). The normalized spacial score (nSPS) is 12.1. The van der Waals surface area contributed by atoms with Gasteiger partial charge in [-0.15, -0.1) is 10.2 Å². The number of rotatable bonds is 8. The Labute approximate surface area is 197 Å². The lowest BCUT2D eigenvalue weighted by Crippen LogP contribution is -2.34. The van der Waals surface area contributed by atoms with Crippen LogP contribution in [0.15, 0.2) is 47.6 Å². The van der Waals surface area contributed by atoms with Crippen molar-refractivity contribution in [2.45, 2.75) is 18.2 Å². The van der Waals surface area contributed by atoms with Crippen molar-refractivity contribution >= 4 is 29.4 Å². The molecular weight excluding hydrogens is 467 g/mol. The van der Waals surface area contributed by atoms with E-state index in [4.69, 9.17) is 20.1 Å². The summed E-state index contributed by atoms with van der Waals surface area (Å²) in [7, 11) is 0. The lowest BCUT2D eigenvalue weighted by molar-refractivity contribution is -0.119. The Balaban J connectivity index is 1.19. The summed E-state index contributed by atoms with van der Waals surface area (Å²) in [4.78, 5) is 24.2. The summed E-state index contributed by atoms with van der Waals surface area (Å²) in [5, 5.41) is 13.1. The third-order valence-corrected chi connectivity index (χ3v) is 5.47. The van der Waals surface area contributed by atoms with E-state index in [2.05, 4.69) is 20.8 Å². The summed E-state index contributed by atoms with van der Waals surface area (Å²) in [5.74, 6) is 7.40. The number of hydrogen-bond acceptors (Lipinski definition) is 9. The van der Waals surface area contributed by atoms with Gasteiger partial charge in [-0.25, -0.2) is 13.9 Å². The molecular formula is C21H21FN6O5S. The lowest BCUT2D eigenvalue weighted by Gasteiger charge is -2.19. The van der Waals surface area contributed by atoms with Gasteiger partial charge in [0.15, 0.2) is 17.3 Å². The molecule has 0 unspecified atom stereocenters. The average Bonchev–Trinajstić information content (AvgIpc) is 3.17. The number of benzene rings is 2. The van der Waals surface area contributed by atoms with Crippen molar-refractivity contribution in [1.29, 1.82) is 0 Å². The number of fused-ring (bicyclic) bond motifs is 1. The van der Waals surface area contributed by atoms with Gasteiger partial charge in [0.25, 0.3) is 0 Å². The maximum atomic E-state index is 13.0. The maximum Gasteiger partial charge on any atom is 0.325 e. The number of nitrogens with one attached hydrogen (secondary N) is 2. The van der Waals surface area contributed by atoms with Crippen molar-refractivity contribution in [3.05, 3.63) is 54.1 Å². The highest BCUT2D eigenvalue weighted by Gasteiger charge is 2.15. The number of nitrogen functional groups attached to an aromatic ring is 1. The molecule has 0 fully saturated rings. The second kappa shape index (κ2) is 10.7. The molecule has 2 aromatic carbocycles. The van der Waals surface area contributed by atoms with E-state index in [1.165, 1.54) is 40.7 Å². The third kappa shape index (κ3) is 6.07. The van der Waals surface area contributed by atoms with E-state index in [9.17, 15) is 14.0 Å². The molecule has 0 saturated heterocycles. The van der Waals surface area contributed by atoms with Crippen LogP contribution in [0.5, 0.6) is 17.2 Å². The number of thioether (sulfide) groups is 1. The van der Waals surface area contributed by atoms with Crippen LogP contribution in [0.4, 0.5) is 14.9 Å². The van der Waals surface area contributed by atoms with Gasteiger partial charge < -0.3 is 25.4 Å². The number of imide groups is 1. The van der Waals surface area contributed by atoms with Crippen LogP contribution in [0.1, 0.15) is 12.2 Å². The smallest absolute Gasteiger partial charge is 0.325 e. The minimum absolute atomic E-state index is 0.0379. The van der Waals surface area contributed by atoms with E-state index < -0.39 is 11.9 Å². The molecule has 1 aliphatic heterocycles. The van der Waals surface area contributed by atoms with Gasteiger partial charge in [0.2, 0.25) is 11.1 Å². The van der Waals surface area contributed by atoms with E-state index in [-0.39, 0.29) is 18.8 Å². The predicted octanol–water partition coefficient (Wildman–Crippen LogP) is 2.31. The van der Waals surface area contributed by atoms with Crippen LogP contribution in [0.25, 0.3) is 0 Å². The van der Waals surface area contributed by atoms with Crippen molar-refractivity contribution in [1.82, 2.24) is 20.2 Å². The number of nitrogens with two attached hydrogens (primary N) is 1. The highest BCUT2D eigenvalue weighted by molar-refractivity contribution is 7.99. The number of aromatic nitrogens is 3. The molecule has 0 atom stereocenters. The van der Waals surface area contributed by atoms with Crippen molar-refractivity contribution in [3.63, 3.8) is 0 Å². The third-order valence-electron chi connectivity index (χ3n) is 4.53. The first-order valence-corrected chi connectivity index (χ1v) is 11.2. The Hall–Kier alpha value is -4.00. The minimum Gasteiger partial charge on any atom is -0.486 e. The zero-order valence-corrected chi connectivity index (χ0v) is 18.6. The van der Waals surface area contributed by atoms with Crippen molar-refractivity contribution < 1.29 is 28.2 Å². The zero-order chi connectivity index (χ0) is 23.9. The SMILES string of the molecule is Nn1c(COc2ccc(F)cc2)nnc1SCCC(=O)NC(=O)Nc1ccc2c(c1)OCCO2. The lowest BCUT2D eigenvalue weighted by atomic mass is 10.2. The van der Waals surface area contributed by atoms with E-state index in [1.807, 2.05) is 0 Å². The number of halogens is 1. The molecule has 178 valence electrons. The van der Waals surface area contributed by atoms with Gasteiger partial charge in [-0.3, -0.25) is 10.1 Å². The first-order valence-electron chi connectivity index (χ1n) is 10.2. The standard InChI is InChI=1S/C21H21FN6O5S/c22-13-1-4-15(5-2-13)33-12-18-26-27-21(28(18)23)34-10-7-19(29)25-20(30)24-14-3-6-16-17(11-14)32-9-8-31-16/h1-6,11H,7-10,12,23H2,(H2,24,25,29,30). The molecule has 1 aliphatic rings. The number of hydrogen-bond donors (Lipinski definition) is 3. The molecule has 0 spiro atoms. The van der Waals surface area contributed by atoms with E-state index in [1.54, 1.807) is 18.2 Å². The van der Waals surface area contributed by atoms with Gasteiger partial charge in [-0.2, -0.15) is 0 Å². The largest absolute Gasteiger partial charge is 0.486 e. The fourth-order valence-corrected chi connectivity index (χ4v) is 3.70. The zero-order valence-electron chi connectivity index (χ0n) is 17.8. The van der Waals surface area contributed by atoms with Crippen LogP contribution in [0.2, 0.25) is 0 Å². The molecule has 11 nitrogen and oxygen atoms in total. The van der Waals surface area contributed by atoms with Gasteiger partial charge >= 0.3 is 6.03 Å². The number of carbonyl (C=O) groups excluding carboxylic acids is 2. The molecule has 0 aliphatic carbocycles. The molecule has 13 heteroatoms. The van der Waals surface area contributed by atoms with E-state index in [0.717, 1.165) is 0 Å². The number of amides is 3. The summed E-state index contributed by atoms with van der Waals surface area (Å²) in [5.41, 5.74) is 0.468. The Bertz CT molecular complexity index is 1170. The number of anilines is 1. The van der Waals surface area contributed by atoms with Crippen molar-refractivity contribution in [3.8, 4) is 17.2 Å². The molecule has 0 bridgehead atoms. The second-order valence-corrected chi connectivity index (χ2v) is 8.03. The quantitative estimate of drug-likeness (QED) is 0.321. The maximum absolute atomic E-state index is 13.0. The van der Waals surface area contributed by atoms with Crippen LogP contribution in [-0.4, -0.2) is 45.8 Å². The monoisotopic (exact) mass is 488 g/mol. The Morgan fingerprint density at radius 2 is 1.88 bits per heavy atom. The van der Waals surface area contributed by atoms with Crippen LogP contribution in [-0.2, 0) is 11.4 Å². The first-order chi connectivity index (χ1) is 16.5. The summed E-state index contributed by atoms with van der Waals surface area (Å²) < 4.78 is 30.6. The van der Waals surface area contributed by atoms with Crippen LogP contribution < -0.4 is 30.7 Å². The van der Waals surface area contributed by atoms with Crippen LogP contribution in [0, 0.1) is 5.82 Å². The second-order valence-electron chi connectivity index (χ2n) is 6.97. The van der Waals surface area contributed by atoms with Gasteiger partial charge in [0.1, 0.15) is 31.4 Å². The Kier molecular flexibility index (Phi) is 7.32. The molecule has 2 heterocycles. The Morgan fingerprint density at radius 1 is 1.12 bits per heavy atom. The molecule has 0 radical (unpaired) electrons. The number of ether oxygens (including phenoxy) is 3. The Morgan fingerprint density at radius 3 is 2.68 bits per heavy atom. The van der Waals surface area contributed by atoms with Gasteiger partial charge in [-0.1, -0.05) is 11.8 Å². The molecule has 1 aromatic heterocycles. The van der Waals surface area contributed by atoms with E-state index in [0.29, 0.717) is 52.9 Å². The molecule has 3 aromatic rings. The van der Waals surface area contributed by atoms with E-state index >= 15 is 0 Å². The summed E-state index contributed by atoms with van der Waals surface area (Å²) >= 11 is 1.20. The van der Waals surface area contributed by atoms with Crippen molar-refractivity contribution in [2.24, 2.45) is 0 Å². The highest BCUT2D eigenvalue weighted by Crippen LogP contribution is 2.32. The van der Waals surface area contributed by atoms with Gasteiger partial charge in [-0.05, 0) is 36.4 Å². The average molecular weight is 489 g/mol. The highest BCUT2D eigenvalue weighted by atomic mass is 32.2. The molecule has 3 amide bonds. The molecule has 34 heavy (non-hydrogen) atoms.